The Morgan fingerprint density at radius 2 is 1.74 bits per heavy atom. The maximum absolute atomic E-state index is 14.0. The lowest BCUT2D eigenvalue weighted by atomic mass is 10.1. The number of esters is 1. The van der Waals surface area contributed by atoms with Crippen molar-refractivity contribution in [3.05, 3.63) is 65.2 Å². The van der Waals surface area contributed by atoms with Crippen molar-refractivity contribution in [3.63, 3.8) is 0 Å². The molecule has 2 aromatic carbocycles. The summed E-state index contributed by atoms with van der Waals surface area (Å²) in [4.78, 5) is 24.7. The van der Waals surface area contributed by atoms with E-state index in [1.807, 2.05) is 0 Å². The summed E-state index contributed by atoms with van der Waals surface area (Å²) in [5.74, 6) is -2.83. The van der Waals surface area contributed by atoms with Crippen LogP contribution in [0.4, 0.5) is 18.9 Å². The third kappa shape index (κ3) is 4.71. The van der Waals surface area contributed by atoms with E-state index in [2.05, 4.69) is 10.1 Å². The van der Waals surface area contributed by atoms with Crippen molar-refractivity contribution < 1.29 is 27.5 Å². The first-order valence-electron chi connectivity index (χ1n) is 7.85. The van der Waals surface area contributed by atoms with Gasteiger partial charge in [-0.25, -0.2) is 4.79 Å². The van der Waals surface area contributed by atoms with Gasteiger partial charge in [-0.2, -0.15) is 13.2 Å². The molecule has 2 aromatic rings. The van der Waals surface area contributed by atoms with E-state index in [1.165, 1.54) is 55.5 Å². The van der Waals surface area contributed by atoms with Crippen LogP contribution in [0, 0.1) is 0 Å². The van der Waals surface area contributed by atoms with E-state index >= 15 is 0 Å². The van der Waals surface area contributed by atoms with E-state index in [0.29, 0.717) is 0 Å². The van der Waals surface area contributed by atoms with Gasteiger partial charge in [0.2, 0.25) is 0 Å². The molecular weight excluding hydrogens is 385 g/mol. The largest absolute Gasteiger partial charge is 0.463 e. The van der Waals surface area contributed by atoms with Crippen molar-refractivity contribution in [3.8, 4) is 0 Å². The minimum absolute atomic E-state index is 0.0331. The van der Waals surface area contributed by atoms with E-state index in [1.54, 1.807) is 11.4 Å². The number of carbonyl (C=O) groups excluding carboxylic acids is 2. The average molecular weight is 401 g/mol. The van der Waals surface area contributed by atoms with Gasteiger partial charge in [0.05, 0.1) is 6.61 Å². The van der Waals surface area contributed by atoms with Gasteiger partial charge in [0, 0.05) is 16.3 Å². The molecule has 0 bridgehead atoms. The van der Waals surface area contributed by atoms with Gasteiger partial charge in [-0.15, -0.1) is 0 Å². The molecule has 0 unspecified atom stereocenters. The first-order valence-corrected chi connectivity index (χ1v) is 8.22. The second-order valence-electron chi connectivity index (χ2n) is 5.42. The van der Waals surface area contributed by atoms with Crippen molar-refractivity contribution in [2.24, 2.45) is 0 Å². The van der Waals surface area contributed by atoms with E-state index in [9.17, 15) is 22.8 Å². The molecule has 0 saturated heterocycles. The molecule has 9 heteroatoms. The van der Waals surface area contributed by atoms with Gasteiger partial charge in [-0.1, -0.05) is 35.9 Å². The summed E-state index contributed by atoms with van der Waals surface area (Å²) >= 11 is 5.78. The smallest absolute Gasteiger partial charge is 0.441 e. The molecule has 1 amide bonds. The van der Waals surface area contributed by atoms with Gasteiger partial charge in [-0.05, 0) is 37.3 Å². The SMILES string of the molecule is CCOC(=O)[C@@](NC(=O)c1cccc(Cl)c1)(Nc1ccccc1)C(F)(F)F. The van der Waals surface area contributed by atoms with Crippen LogP contribution < -0.4 is 10.6 Å². The molecule has 0 aliphatic heterocycles. The Kier molecular flexibility index (Phi) is 6.32. The number of benzene rings is 2. The molecule has 0 radical (unpaired) electrons. The molecule has 0 heterocycles. The van der Waals surface area contributed by atoms with Crippen LogP contribution in [0.25, 0.3) is 0 Å². The third-order valence-electron chi connectivity index (χ3n) is 3.50. The quantitative estimate of drug-likeness (QED) is 0.568. The van der Waals surface area contributed by atoms with Crippen molar-refractivity contribution >= 4 is 29.2 Å². The molecular formula is C18H16ClF3N2O3. The Hall–Kier alpha value is -2.74. The summed E-state index contributed by atoms with van der Waals surface area (Å²) in [6.45, 7) is 1.06. The standard InChI is InChI=1S/C18H16ClF3N2O3/c1-2-27-16(26)17(18(20,21)22,23-14-9-4-3-5-10-14)24-15(25)12-7-6-8-13(19)11-12/h3-11,23H,2H2,1H3,(H,24,25)/t17-/m0/s1. The van der Waals surface area contributed by atoms with Crippen LogP contribution in [-0.4, -0.2) is 30.3 Å². The summed E-state index contributed by atoms with van der Waals surface area (Å²) < 4.78 is 46.6. The predicted octanol–water partition coefficient (Wildman–Crippen LogP) is 4.00. The third-order valence-corrected chi connectivity index (χ3v) is 3.74. The lowest BCUT2D eigenvalue weighted by molar-refractivity contribution is -0.204. The first-order chi connectivity index (χ1) is 12.7. The number of para-hydroxylation sites is 1. The number of hydrogen-bond acceptors (Lipinski definition) is 4. The van der Waals surface area contributed by atoms with Gasteiger partial charge < -0.3 is 15.4 Å². The fourth-order valence-electron chi connectivity index (χ4n) is 2.24. The molecule has 0 spiro atoms. The zero-order chi connectivity index (χ0) is 20.1. The number of hydrogen-bond donors (Lipinski definition) is 2. The number of carbonyl (C=O) groups is 2. The number of ether oxygens (including phenoxy) is 1. The predicted molar refractivity (Wildman–Crippen MR) is 94.4 cm³/mol. The molecule has 0 aliphatic rings. The van der Waals surface area contributed by atoms with Crippen LogP contribution in [0.15, 0.2) is 54.6 Å². The molecule has 0 fully saturated rings. The molecule has 5 nitrogen and oxygen atoms in total. The van der Waals surface area contributed by atoms with E-state index in [0.717, 1.165) is 0 Å². The normalized spacial score (nSPS) is 13.4. The zero-order valence-corrected chi connectivity index (χ0v) is 14.9. The fraction of sp³-hybridized carbons (Fsp3) is 0.222. The maximum Gasteiger partial charge on any atom is 0.441 e. The van der Waals surface area contributed by atoms with Gasteiger partial charge in [0.1, 0.15) is 0 Å². The van der Waals surface area contributed by atoms with Gasteiger partial charge >= 0.3 is 17.8 Å². The number of amides is 1. The molecule has 0 saturated carbocycles. The van der Waals surface area contributed by atoms with Crippen LogP contribution in [0.3, 0.4) is 0 Å². The molecule has 0 aliphatic carbocycles. The minimum Gasteiger partial charge on any atom is -0.463 e. The van der Waals surface area contributed by atoms with Crippen molar-refractivity contribution in [1.29, 1.82) is 0 Å². The van der Waals surface area contributed by atoms with E-state index in [4.69, 9.17) is 11.6 Å². The summed E-state index contributed by atoms with van der Waals surface area (Å²) in [5.41, 5.74) is -3.66. The van der Waals surface area contributed by atoms with Crippen LogP contribution in [0.1, 0.15) is 17.3 Å². The van der Waals surface area contributed by atoms with Crippen molar-refractivity contribution in [1.82, 2.24) is 5.32 Å². The van der Waals surface area contributed by atoms with Crippen molar-refractivity contribution in [2.75, 3.05) is 11.9 Å². The Morgan fingerprint density at radius 3 is 2.30 bits per heavy atom. The number of halogens is 4. The summed E-state index contributed by atoms with van der Waals surface area (Å²) in [6.07, 6.45) is -5.21. The Bertz CT molecular complexity index is 815. The average Bonchev–Trinajstić information content (AvgIpc) is 2.61. The molecule has 2 rings (SSSR count). The van der Waals surface area contributed by atoms with Crippen LogP contribution in [-0.2, 0) is 9.53 Å². The maximum atomic E-state index is 14.0. The molecule has 2 N–H and O–H groups in total. The number of anilines is 1. The first kappa shape index (κ1) is 20.6. The Morgan fingerprint density at radius 1 is 1.07 bits per heavy atom. The number of nitrogens with one attached hydrogen (secondary N) is 2. The monoisotopic (exact) mass is 400 g/mol. The fourth-order valence-corrected chi connectivity index (χ4v) is 2.43. The Balaban J connectivity index is 2.49. The minimum atomic E-state index is -5.21. The number of rotatable bonds is 6. The lowest BCUT2D eigenvalue weighted by Gasteiger charge is -2.35. The second-order valence-corrected chi connectivity index (χ2v) is 5.86. The van der Waals surface area contributed by atoms with Crippen molar-refractivity contribution in [2.45, 2.75) is 18.8 Å². The van der Waals surface area contributed by atoms with Gasteiger partial charge in [0.25, 0.3) is 5.91 Å². The van der Waals surface area contributed by atoms with Crippen LogP contribution in [0.2, 0.25) is 5.02 Å². The highest BCUT2D eigenvalue weighted by molar-refractivity contribution is 6.31. The highest BCUT2D eigenvalue weighted by Crippen LogP contribution is 2.33. The molecule has 0 aromatic heterocycles. The van der Waals surface area contributed by atoms with Gasteiger partial charge in [-0.3, -0.25) is 4.79 Å². The summed E-state index contributed by atoms with van der Waals surface area (Å²) in [5, 5.41) is 3.97. The van der Waals surface area contributed by atoms with Crippen LogP contribution >= 0.6 is 11.6 Å². The van der Waals surface area contributed by atoms with E-state index in [-0.39, 0.29) is 22.9 Å². The Labute approximate surface area is 158 Å². The van der Waals surface area contributed by atoms with Crippen LogP contribution in [0.5, 0.6) is 0 Å². The van der Waals surface area contributed by atoms with Gasteiger partial charge in [0.15, 0.2) is 0 Å². The molecule has 1 atom stereocenters. The highest BCUT2D eigenvalue weighted by atomic mass is 35.5. The number of alkyl halides is 3. The second kappa shape index (κ2) is 8.30. The molecule has 144 valence electrons. The summed E-state index contributed by atoms with van der Waals surface area (Å²) in [7, 11) is 0. The zero-order valence-electron chi connectivity index (χ0n) is 14.1. The highest BCUT2D eigenvalue weighted by Gasteiger charge is 2.63. The lowest BCUT2D eigenvalue weighted by Crippen LogP contribution is -2.69. The molecule has 27 heavy (non-hydrogen) atoms. The summed E-state index contributed by atoms with van der Waals surface area (Å²) in [6, 6.07) is 12.5. The van der Waals surface area contributed by atoms with E-state index < -0.39 is 23.7 Å². The topological polar surface area (TPSA) is 67.4 Å².